The van der Waals surface area contributed by atoms with Crippen molar-refractivity contribution < 1.29 is 14.7 Å². The van der Waals surface area contributed by atoms with Crippen LogP contribution in [0.1, 0.15) is 32.1 Å². The number of rotatable bonds is 8. The summed E-state index contributed by atoms with van der Waals surface area (Å²) in [4.78, 5) is 24.2. The van der Waals surface area contributed by atoms with E-state index < -0.39 is 5.97 Å². The maximum absolute atomic E-state index is 11.9. The first-order chi connectivity index (χ1) is 9.13. The Bertz CT molecular complexity index is 300. The van der Waals surface area contributed by atoms with Gasteiger partial charge in [-0.25, -0.2) is 4.79 Å². The predicted molar refractivity (Wildman–Crippen MR) is 77.6 cm³/mol. The van der Waals surface area contributed by atoms with Gasteiger partial charge in [0, 0.05) is 26.1 Å². The van der Waals surface area contributed by atoms with Crippen LogP contribution >= 0.6 is 11.8 Å². The van der Waals surface area contributed by atoms with Gasteiger partial charge in [0.25, 0.3) is 0 Å². The number of likely N-dealkylation sites (tertiary alicyclic amines) is 1. The van der Waals surface area contributed by atoms with Crippen LogP contribution in [0.3, 0.4) is 0 Å². The highest BCUT2D eigenvalue weighted by molar-refractivity contribution is 7.98. The Morgan fingerprint density at radius 2 is 2.21 bits per heavy atom. The van der Waals surface area contributed by atoms with Crippen LogP contribution in [-0.4, -0.2) is 53.6 Å². The molecule has 1 aliphatic rings. The maximum atomic E-state index is 11.9. The Balaban J connectivity index is 2.11. The summed E-state index contributed by atoms with van der Waals surface area (Å²) in [6, 6.07) is 0.00183. The normalized spacial score (nSPS) is 18.6. The Labute approximate surface area is 119 Å². The Kier molecular flexibility index (Phi) is 7.70. The van der Waals surface area contributed by atoms with Crippen molar-refractivity contribution in [2.45, 2.75) is 32.1 Å². The summed E-state index contributed by atoms with van der Waals surface area (Å²) in [5.74, 6) is 0.728. The van der Waals surface area contributed by atoms with E-state index in [1.165, 1.54) is 0 Å². The van der Waals surface area contributed by atoms with Crippen molar-refractivity contribution in [2.75, 3.05) is 31.6 Å². The molecule has 110 valence electrons. The number of carboxylic acids is 1. The molecule has 1 atom stereocenters. The molecule has 1 fully saturated rings. The second kappa shape index (κ2) is 9.07. The van der Waals surface area contributed by atoms with E-state index in [0.717, 1.165) is 38.1 Å². The molecule has 5 nitrogen and oxygen atoms in total. The smallest absolute Gasteiger partial charge is 0.317 e. The lowest BCUT2D eigenvalue weighted by Crippen LogP contribution is -2.38. The predicted octanol–water partition coefficient (Wildman–Crippen LogP) is 2.03. The maximum Gasteiger partial charge on any atom is 0.317 e. The van der Waals surface area contributed by atoms with Gasteiger partial charge in [-0.1, -0.05) is 0 Å². The Hall–Kier alpha value is -0.910. The van der Waals surface area contributed by atoms with E-state index in [4.69, 9.17) is 5.11 Å². The van der Waals surface area contributed by atoms with Crippen molar-refractivity contribution >= 4 is 23.8 Å². The molecule has 0 bridgehead atoms. The van der Waals surface area contributed by atoms with Gasteiger partial charge in [0.1, 0.15) is 0 Å². The fourth-order valence-corrected chi connectivity index (χ4v) is 2.75. The van der Waals surface area contributed by atoms with Gasteiger partial charge in [0.2, 0.25) is 0 Å². The van der Waals surface area contributed by atoms with Crippen molar-refractivity contribution in [1.82, 2.24) is 10.2 Å². The fraction of sp³-hybridized carbons (Fsp3) is 0.846. The lowest BCUT2D eigenvalue weighted by molar-refractivity contribution is -0.137. The second-order valence-electron chi connectivity index (χ2n) is 4.96. The van der Waals surface area contributed by atoms with Gasteiger partial charge < -0.3 is 15.3 Å². The summed E-state index contributed by atoms with van der Waals surface area (Å²) in [5, 5.41) is 11.6. The van der Waals surface area contributed by atoms with E-state index in [9.17, 15) is 9.59 Å². The topological polar surface area (TPSA) is 69.6 Å². The molecule has 1 saturated heterocycles. The SMILES string of the molecule is CSCCCCNC(=O)N1CCC(CCC(=O)O)C1. The number of amides is 2. The minimum absolute atomic E-state index is 0.00183. The fourth-order valence-electron chi connectivity index (χ4n) is 2.26. The summed E-state index contributed by atoms with van der Waals surface area (Å²) in [6.07, 6.45) is 6.03. The highest BCUT2D eigenvalue weighted by Crippen LogP contribution is 2.20. The van der Waals surface area contributed by atoms with Crippen LogP contribution < -0.4 is 5.32 Å². The average Bonchev–Trinajstić information content (AvgIpc) is 2.84. The molecule has 2 N–H and O–H groups in total. The van der Waals surface area contributed by atoms with Crippen molar-refractivity contribution in [3.63, 3.8) is 0 Å². The molecule has 1 aliphatic heterocycles. The number of hydrogen-bond acceptors (Lipinski definition) is 3. The van der Waals surface area contributed by atoms with E-state index in [2.05, 4.69) is 11.6 Å². The van der Waals surface area contributed by atoms with Crippen LogP contribution in [0, 0.1) is 5.92 Å². The van der Waals surface area contributed by atoms with Gasteiger partial charge in [-0.2, -0.15) is 11.8 Å². The van der Waals surface area contributed by atoms with Crippen LogP contribution in [0.4, 0.5) is 4.79 Å². The third kappa shape index (κ3) is 6.71. The minimum atomic E-state index is -0.753. The third-order valence-corrected chi connectivity index (χ3v) is 4.09. The molecule has 0 spiro atoms. The number of nitrogens with zero attached hydrogens (tertiary/aromatic N) is 1. The molecule has 0 aromatic rings. The molecule has 1 heterocycles. The number of hydrogen-bond donors (Lipinski definition) is 2. The monoisotopic (exact) mass is 288 g/mol. The number of carbonyl (C=O) groups is 2. The summed E-state index contributed by atoms with van der Waals surface area (Å²) in [7, 11) is 0. The third-order valence-electron chi connectivity index (χ3n) is 3.39. The molecule has 1 unspecified atom stereocenters. The van der Waals surface area contributed by atoms with Gasteiger partial charge in [-0.15, -0.1) is 0 Å². The molecule has 0 radical (unpaired) electrons. The number of carbonyl (C=O) groups excluding carboxylic acids is 1. The quantitative estimate of drug-likeness (QED) is 0.671. The van der Waals surface area contributed by atoms with Gasteiger partial charge in [-0.3, -0.25) is 4.79 Å². The molecular weight excluding hydrogens is 264 g/mol. The summed E-state index contributed by atoms with van der Waals surface area (Å²) in [5.41, 5.74) is 0. The van der Waals surface area contributed by atoms with Crippen LogP contribution in [0.25, 0.3) is 0 Å². The molecule has 2 amide bonds. The van der Waals surface area contributed by atoms with Crippen LogP contribution in [0.15, 0.2) is 0 Å². The van der Waals surface area contributed by atoms with E-state index >= 15 is 0 Å². The van der Waals surface area contributed by atoms with Crippen molar-refractivity contribution in [2.24, 2.45) is 5.92 Å². The first-order valence-corrected chi connectivity index (χ1v) is 8.26. The van der Waals surface area contributed by atoms with Gasteiger partial charge >= 0.3 is 12.0 Å². The highest BCUT2D eigenvalue weighted by atomic mass is 32.2. The zero-order valence-corrected chi connectivity index (χ0v) is 12.4. The average molecular weight is 288 g/mol. The van der Waals surface area contributed by atoms with Crippen molar-refractivity contribution in [3.8, 4) is 0 Å². The number of urea groups is 1. The molecule has 0 aliphatic carbocycles. The molecule has 19 heavy (non-hydrogen) atoms. The molecular formula is C13H24N2O3S. The Morgan fingerprint density at radius 1 is 1.42 bits per heavy atom. The molecule has 1 rings (SSSR count). The zero-order valence-electron chi connectivity index (χ0n) is 11.6. The van der Waals surface area contributed by atoms with E-state index in [1.807, 2.05) is 11.8 Å². The van der Waals surface area contributed by atoms with Crippen molar-refractivity contribution in [3.05, 3.63) is 0 Å². The van der Waals surface area contributed by atoms with E-state index in [0.29, 0.717) is 18.9 Å². The van der Waals surface area contributed by atoms with Gasteiger partial charge in [-0.05, 0) is 43.6 Å². The first kappa shape index (κ1) is 16.1. The van der Waals surface area contributed by atoms with Gasteiger partial charge in [0.05, 0.1) is 0 Å². The van der Waals surface area contributed by atoms with E-state index in [1.54, 1.807) is 4.90 Å². The molecule has 6 heteroatoms. The highest BCUT2D eigenvalue weighted by Gasteiger charge is 2.26. The summed E-state index contributed by atoms with van der Waals surface area (Å²) < 4.78 is 0. The van der Waals surface area contributed by atoms with Crippen LogP contribution in [0.5, 0.6) is 0 Å². The lowest BCUT2D eigenvalue weighted by Gasteiger charge is -2.17. The van der Waals surface area contributed by atoms with Gasteiger partial charge in [0.15, 0.2) is 0 Å². The van der Waals surface area contributed by atoms with E-state index in [-0.39, 0.29) is 12.5 Å². The second-order valence-corrected chi connectivity index (χ2v) is 5.95. The number of nitrogens with one attached hydrogen (secondary N) is 1. The molecule has 0 saturated carbocycles. The number of unbranched alkanes of at least 4 members (excludes halogenated alkanes) is 1. The van der Waals surface area contributed by atoms with Crippen molar-refractivity contribution in [1.29, 1.82) is 0 Å². The van der Waals surface area contributed by atoms with Crippen LogP contribution in [-0.2, 0) is 4.79 Å². The Morgan fingerprint density at radius 3 is 2.89 bits per heavy atom. The first-order valence-electron chi connectivity index (χ1n) is 6.87. The summed E-state index contributed by atoms with van der Waals surface area (Å²) in [6.45, 7) is 2.18. The number of carboxylic acid groups (broad SMARTS) is 1. The van der Waals surface area contributed by atoms with Crippen LogP contribution in [0.2, 0.25) is 0 Å². The number of thioether (sulfide) groups is 1. The standard InChI is InChI=1S/C13H24N2O3S/c1-19-9-3-2-7-14-13(18)15-8-6-11(10-15)4-5-12(16)17/h11H,2-10H2,1H3,(H,14,18)(H,16,17). The molecule has 0 aromatic heterocycles. The minimum Gasteiger partial charge on any atom is -0.481 e. The zero-order chi connectivity index (χ0) is 14.1. The largest absolute Gasteiger partial charge is 0.481 e. The lowest BCUT2D eigenvalue weighted by atomic mass is 10.0. The number of aliphatic carboxylic acids is 1. The molecule has 0 aromatic carbocycles. The summed E-state index contributed by atoms with van der Waals surface area (Å²) >= 11 is 1.82.